The third-order valence-corrected chi connectivity index (χ3v) is 7.70. The summed E-state index contributed by atoms with van der Waals surface area (Å²) in [7, 11) is 0. The molecule has 0 atom stereocenters. The molecule has 2 amide bonds. The molecule has 3 aromatic rings. The fourth-order valence-corrected chi connectivity index (χ4v) is 5.36. The molecule has 10 heteroatoms. The number of ether oxygens (including phenoxy) is 1. The Morgan fingerprint density at radius 2 is 1.74 bits per heavy atom. The van der Waals surface area contributed by atoms with Crippen LogP contribution in [-0.2, 0) is 16.1 Å². The molecule has 3 heterocycles. The van der Waals surface area contributed by atoms with Gasteiger partial charge in [0.15, 0.2) is 6.61 Å². The van der Waals surface area contributed by atoms with E-state index >= 15 is 0 Å². The highest BCUT2D eigenvalue weighted by atomic mass is 16.6. The van der Waals surface area contributed by atoms with Crippen LogP contribution in [-0.4, -0.2) is 69.1 Å². The summed E-state index contributed by atoms with van der Waals surface area (Å²) < 4.78 is 7.32. The van der Waals surface area contributed by atoms with Crippen molar-refractivity contribution < 1.29 is 19.2 Å². The lowest BCUT2D eigenvalue weighted by Crippen LogP contribution is -2.46. The number of piperidine rings is 1. The third kappa shape index (κ3) is 5.53. The molecule has 2 saturated heterocycles. The first-order chi connectivity index (χ1) is 18.3. The van der Waals surface area contributed by atoms with E-state index in [2.05, 4.69) is 5.10 Å². The number of amides is 2. The van der Waals surface area contributed by atoms with Gasteiger partial charge in [0.1, 0.15) is 12.3 Å². The second-order valence-corrected chi connectivity index (χ2v) is 10.2. The summed E-state index contributed by atoms with van der Waals surface area (Å²) >= 11 is 0. The summed E-state index contributed by atoms with van der Waals surface area (Å²) in [6.07, 6.45) is 4.39. The predicted octanol–water partition coefficient (Wildman–Crippen LogP) is 3.69. The third-order valence-electron chi connectivity index (χ3n) is 7.70. The number of nitro benzene ring substituents is 1. The lowest BCUT2D eigenvalue weighted by molar-refractivity contribution is -0.384. The van der Waals surface area contributed by atoms with Gasteiger partial charge >= 0.3 is 0 Å². The number of nitro groups is 1. The van der Waals surface area contributed by atoms with E-state index in [9.17, 15) is 19.7 Å². The van der Waals surface area contributed by atoms with Crippen LogP contribution in [0.5, 0.6) is 5.75 Å². The second-order valence-electron chi connectivity index (χ2n) is 10.2. The zero-order valence-electron chi connectivity index (χ0n) is 21.4. The van der Waals surface area contributed by atoms with E-state index < -0.39 is 4.92 Å². The van der Waals surface area contributed by atoms with Crippen molar-refractivity contribution in [1.82, 2.24) is 19.6 Å². The molecule has 2 aliphatic heterocycles. The second kappa shape index (κ2) is 10.6. The van der Waals surface area contributed by atoms with E-state index in [1.54, 1.807) is 29.1 Å². The first-order valence-electron chi connectivity index (χ1n) is 12.8. The Hall–Kier alpha value is -4.21. The molecule has 1 aromatic heterocycles. The molecule has 0 bridgehead atoms. The minimum Gasteiger partial charge on any atom is -0.484 e. The summed E-state index contributed by atoms with van der Waals surface area (Å²) in [4.78, 5) is 40.1. The lowest BCUT2D eigenvalue weighted by Gasteiger charge is -2.39. The number of para-hydroxylation sites is 1. The van der Waals surface area contributed by atoms with Gasteiger partial charge in [-0.2, -0.15) is 5.10 Å². The van der Waals surface area contributed by atoms with Crippen molar-refractivity contribution in [3.05, 3.63) is 76.5 Å². The highest BCUT2D eigenvalue weighted by molar-refractivity contribution is 5.78. The van der Waals surface area contributed by atoms with E-state index in [4.69, 9.17) is 4.74 Å². The Morgan fingerprint density at radius 1 is 1.00 bits per heavy atom. The molecule has 1 spiro atoms. The van der Waals surface area contributed by atoms with Crippen molar-refractivity contribution in [2.45, 2.75) is 32.7 Å². The number of nitrogens with zero attached hydrogens (tertiary/aromatic N) is 5. The first-order valence-corrected chi connectivity index (χ1v) is 12.8. The Labute approximate surface area is 220 Å². The van der Waals surface area contributed by atoms with Crippen molar-refractivity contribution in [2.75, 3.05) is 32.8 Å². The minimum absolute atomic E-state index is 0.000652. The molecule has 10 nitrogen and oxygen atoms in total. The predicted molar refractivity (Wildman–Crippen MR) is 140 cm³/mol. The van der Waals surface area contributed by atoms with Crippen molar-refractivity contribution in [3.8, 4) is 17.0 Å². The number of aromatic nitrogens is 2. The van der Waals surface area contributed by atoms with Gasteiger partial charge < -0.3 is 14.5 Å². The number of carbonyl (C=O) groups excluding carboxylic acids is 2. The molecular weight excluding hydrogens is 486 g/mol. The molecule has 5 rings (SSSR count). The van der Waals surface area contributed by atoms with Gasteiger partial charge in [0.2, 0.25) is 5.91 Å². The molecule has 2 aromatic carbocycles. The highest BCUT2D eigenvalue weighted by Gasteiger charge is 2.42. The fraction of sp³-hybridized carbons (Fsp3) is 0.393. The van der Waals surface area contributed by atoms with Crippen molar-refractivity contribution in [2.24, 2.45) is 5.41 Å². The van der Waals surface area contributed by atoms with Gasteiger partial charge in [-0.25, -0.2) is 0 Å². The Bertz CT molecular complexity index is 1340. The summed E-state index contributed by atoms with van der Waals surface area (Å²) in [6, 6.07) is 15.7. The van der Waals surface area contributed by atoms with Gasteiger partial charge in [-0.15, -0.1) is 0 Å². The molecule has 198 valence electrons. The van der Waals surface area contributed by atoms with Crippen LogP contribution < -0.4 is 4.74 Å². The van der Waals surface area contributed by atoms with Crippen molar-refractivity contribution >= 4 is 17.5 Å². The van der Waals surface area contributed by atoms with Gasteiger partial charge in [0, 0.05) is 50.1 Å². The van der Waals surface area contributed by atoms with Crippen LogP contribution in [0, 0.1) is 22.5 Å². The average molecular weight is 518 g/mol. The topological polar surface area (TPSA) is 111 Å². The number of rotatable bonds is 7. The van der Waals surface area contributed by atoms with Gasteiger partial charge in [-0.3, -0.25) is 24.4 Å². The first kappa shape index (κ1) is 25.4. The van der Waals surface area contributed by atoms with E-state index in [0.717, 1.165) is 30.6 Å². The molecule has 0 radical (unpaired) electrons. The zero-order chi connectivity index (χ0) is 26.7. The number of carbonyl (C=O) groups is 2. The standard InChI is InChI=1S/C28H31N5O5/c1-21-5-2-3-8-25(21)38-19-27(35)30-14-10-28(11-15-30)12-16-31(20-28)26(34)18-32-13-9-24(29-32)22-6-4-7-23(17-22)33(36)37/h2-9,13,17H,10-12,14-16,18-20H2,1H3. The van der Waals surface area contributed by atoms with E-state index in [1.807, 2.05) is 41.0 Å². The van der Waals surface area contributed by atoms with E-state index in [1.165, 1.54) is 12.1 Å². The number of aryl methyl sites for hydroxylation is 1. The average Bonchev–Trinajstić information content (AvgIpc) is 3.56. The van der Waals surface area contributed by atoms with Gasteiger partial charge in [0.25, 0.3) is 11.6 Å². The van der Waals surface area contributed by atoms with Crippen molar-refractivity contribution in [1.29, 1.82) is 0 Å². The molecule has 2 aliphatic rings. The summed E-state index contributed by atoms with van der Waals surface area (Å²) in [6.45, 7) is 4.83. The van der Waals surface area contributed by atoms with Crippen molar-refractivity contribution in [3.63, 3.8) is 0 Å². The van der Waals surface area contributed by atoms with Crippen LogP contribution in [0.3, 0.4) is 0 Å². The number of non-ortho nitro benzene ring substituents is 1. The van der Waals surface area contributed by atoms with Crippen LogP contribution in [0.25, 0.3) is 11.3 Å². The molecule has 2 fully saturated rings. The maximum Gasteiger partial charge on any atom is 0.270 e. The zero-order valence-corrected chi connectivity index (χ0v) is 21.4. The molecule has 0 N–H and O–H groups in total. The number of benzene rings is 2. The summed E-state index contributed by atoms with van der Waals surface area (Å²) in [5.41, 5.74) is 2.27. The molecule has 38 heavy (non-hydrogen) atoms. The highest BCUT2D eigenvalue weighted by Crippen LogP contribution is 2.40. The molecular formula is C28H31N5O5. The van der Waals surface area contributed by atoms with E-state index in [0.29, 0.717) is 37.4 Å². The molecule has 0 aliphatic carbocycles. The van der Waals surface area contributed by atoms with Crippen LogP contribution in [0.2, 0.25) is 0 Å². The Balaban J connectivity index is 1.11. The van der Waals surface area contributed by atoms with Crippen LogP contribution >= 0.6 is 0 Å². The Kier molecular flexibility index (Phi) is 7.13. The van der Waals surface area contributed by atoms with E-state index in [-0.39, 0.29) is 36.1 Å². The van der Waals surface area contributed by atoms with Gasteiger partial charge in [-0.05, 0) is 49.3 Å². The fourth-order valence-electron chi connectivity index (χ4n) is 5.36. The number of likely N-dealkylation sites (tertiary alicyclic amines) is 2. The SMILES string of the molecule is Cc1ccccc1OCC(=O)N1CCC2(CC1)CCN(C(=O)Cn1ccc(-c3cccc([N+](=O)[O-])c3)n1)C2. The summed E-state index contributed by atoms with van der Waals surface area (Å²) in [5, 5.41) is 15.5. The maximum absolute atomic E-state index is 13.0. The van der Waals surface area contributed by atoms with Crippen LogP contribution in [0.1, 0.15) is 24.8 Å². The minimum atomic E-state index is -0.438. The van der Waals surface area contributed by atoms with Crippen LogP contribution in [0.4, 0.5) is 5.69 Å². The normalized spacial score (nSPS) is 16.6. The summed E-state index contributed by atoms with van der Waals surface area (Å²) in [5.74, 6) is 0.724. The maximum atomic E-state index is 13.0. The van der Waals surface area contributed by atoms with Gasteiger partial charge in [0.05, 0.1) is 10.6 Å². The number of hydrogen-bond acceptors (Lipinski definition) is 6. The molecule has 0 unspecified atom stereocenters. The molecule has 0 saturated carbocycles. The van der Waals surface area contributed by atoms with Gasteiger partial charge in [-0.1, -0.05) is 30.3 Å². The quantitative estimate of drug-likeness (QED) is 0.349. The largest absolute Gasteiger partial charge is 0.484 e. The number of hydrogen-bond donors (Lipinski definition) is 0. The monoisotopic (exact) mass is 517 g/mol. The lowest BCUT2D eigenvalue weighted by atomic mass is 9.78. The smallest absolute Gasteiger partial charge is 0.270 e. The van der Waals surface area contributed by atoms with Crippen LogP contribution in [0.15, 0.2) is 60.8 Å². The Morgan fingerprint density at radius 3 is 2.47 bits per heavy atom.